The van der Waals surface area contributed by atoms with E-state index >= 15 is 0 Å². The minimum atomic E-state index is -0.992. The second-order valence-electron chi connectivity index (χ2n) is 9.70. The summed E-state index contributed by atoms with van der Waals surface area (Å²) >= 11 is 0. The number of carbonyl (C=O) groups is 2. The van der Waals surface area contributed by atoms with Crippen LogP contribution in [-0.4, -0.2) is 28.9 Å². The minimum Gasteiger partial charge on any atom is -0.481 e. The quantitative estimate of drug-likeness (QED) is 0.135. The number of carbonyl (C=O) groups excluding carboxylic acids is 1. The van der Waals surface area contributed by atoms with Gasteiger partial charge in [-0.05, 0) is 60.2 Å². The molecule has 4 rings (SSSR count). The van der Waals surface area contributed by atoms with Crippen molar-refractivity contribution in [1.29, 1.82) is 5.41 Å². The summed E-state index contributed by atoms with van der Waals surface area (Å²) in [5, 5.41) is 21.0. The first-order chi connectivity index (χ1) is 18.8. The molecule has 0 aliphatic carbocycles. The number of nitrogen functional groups attached to an aromatic ring is 1. The Bertz CT molecular complexity index is 1450. The van der Waals surface area contributed by atoms with Crippen molar-refractivity contribution in [2.75, 3.05) is 0 Å². The topological polar surface area (TPSA) is 120 Å². The predicted octanol–water partition coefficient (Wildman–Crippen LogP) is 4.14. The van der Waals surface area contributed by atoms with Crippen LogP contribution in [0.2, 0.25) is 0 Å². The van der Waals surface area contributed by atoms with E-state index in [1.165, 1.54) is 0 Å². The van der Waals surface area contributed by atoms with E-state index in [1.807, 2.05) is 84.7 Å². The van der Waals surface area contributed by atoms with Gasteiger partial charge in [0.05, 0.1) is 5.92 Å². The third kappa shape index (κ3) is 7.38. The first-order valence-corrected chi connectivity index (χ1v) is 12.9. The maximum absolute atomic E-state index is 13.3. The van der Waals surface area contributed by atoms with Crippen LogP contribution in [0.25, 0.3) is 11.1 Å². The second kappa shape index (κ2) is 12.6. The van der Waals surface area contributed by atoms with E-state index < -0.39 is 17.9 Å². The number of nitrogens with one attached hydrogen (secondary N) is 2. The number of rotatable bonds is 11. The lowest BCUT2D eigenvalue weighted by molar-refractivity contribution is -0.671. The highest BCUT2D eigenvalue weighted by Gasteiger charge is 2.30. The van der Waals surface area contributed by atoms with Gasteiger partial charge in [0.25, 0.3) is 5.91 Å². The van der Waals surface area contributed by atoms with Crippen molar-refractivity contribution in [1.82, 2.24) is 5.32 Å². The van der Waals surface area contributed by atoms with Gasteiger partial charge in [-0.3, -0.25) is 15.0 Å². The first-order valence-electron chi connectivity index (χ1n) is 12.9. The lowest BCUT2D eigenvalue weighted by Crippen LogP contribution is -2.44. The summed E-state index contributed by atoms with van der Waals surface area (Å²) < 4.78 is 1.96. The fourth-order valence-corrected chi connectivity index (χ4v) is 4.69. The van der Waals surface area contributed by atoms with Crippen molar-refractivity contribution in [2.45, 2.75) is 25.3 Å². The summed E-state index contributed by atoms with van der Waals surface area (Å²) in [7, 11) is 1.95. The number of amides is 1. The number of aryl methyl sites for hydroxylation is 2. The Morgan fingerprint density at radius 2 is 1.62 bits per heavy atom. The number of amidine groups is 1. The average Bonchev–Trinajstić information content (AvgIpc) is 2.94. The van der Waals surface area contributed by atoms with Crippen LogP contribution in [0.15, 0.2) is 103 Å². The van der Waals surface area contributed by atoms with Crippen LogP contribution >= 0.6 is 0 Å². The van der Waals surface area contributed by atoms with E-state index in [-0.39, 0.29) is 18.2 Å². The number of aromatic nitrogens is 1. The zero-order valence-corrected chi connectivity index (χ0v) is 21.9. The van der Waals surface area contributed by atoms with E-state index in [1.54, 1.807) is 30.3 Å². The molecule has 0 fully saturated rings. The molecule has 7 nitrogen and oxygen atoms in total. The molecule has 0 aliphatic heterocycles. The molecule has 2 atom stereocenters. The van der Waals surface area contributed by atoms with Crippen LogP contribution in [0.5, 0.6) is 0 Å². The summed E-state index contributed by atoms with van der Waals surface area (Å²) in [6.45, 7) is 0. The van der Waals surface area contributed by atoms with Gasteiger partial charge in [0, 0.05) is 28.8 Å². The van der Waals surface area contributed by atoms with Crippen LogP contribution in [0.1, 0.15) is 33.5 Å². The molecule has 7 heteroatoms. The van der Waals surface area contributed by atoms with Gasteiger partial charge in [-0.2, -0.15) is 0 Å². The Hall–Kier alpha value is -4.78. The second-order valence-corrected chi connectivity index (χ2v) is 9.70. The monoisotopic (exact) mass is 521 g/mol. The zero-order valence-electron chi connectivity index (χ0n) is 21.9. The van der Waals surface area contributed by atoms with Gasteiger partial charge in [0.15, 0.2) is 12.4 Å². The number of aliphatic carboxylic acids is 1. The minimum absolute atomic E-state index is 0.0784. The normalized spacial score (nSPS) is 12.3. The standard InChI is InChI=1S/C32H32N4O3/c1-36-18-6-11-27(21-36)24-13-15-25(16-14-24)31(37)35-29(17-12-22-7-3-2-4-8-22)28(32(38)39)20-23-9-5-10-26(19-23)30(33)34/h2-11,13-16,18-19,21,28-29H,12,17,20H2,1H3,(H4-,33,34,35,37,38,39)/p+1/t28-,29?/m1/s1. The number of carboxylic acid groups (broad SMARTS) is 1. The highest BCUT2D eigenvalue weighted by atomic mass is 16.4. The van der Waals surface area contributed by atoms with Gasteiger partial charge in [0.1, 0.15) is 12.9 Å². The summed E-state index contributed by atoms with van der Waals surface area (Å²) in [6.07, 6.45) is 5.23. The van der Waals surface area contributed by atoms with E-state index in [4.69, 9.17) is 11.1 Å². The molecular formula is C32H33N4O3+. The SMILES string of the molecule is C[n+]1cccc(-c2ccc(C(=O)NC(CCc3ccccc3)[C@@H](Cc3cccc(C(=N)N)c3)C(=O)O)cc2)c1. The maximum atomic E-state index is 13.3. The maximum Gasteiger partial charge on any atom is 0.308 e. The number of nitrogens with zero attached hydrogens (tertiary/aromatic N) is 1. The number of benzene rings is 3. The molecule has 0 bridgehead atoms. The Morgan fingerprint density at radius 3 is 2.28 bits per heavy atom. The van der Waals surface area contributed by atoms with Crippen molar-refractivity contribution in [3.63, 3.8) is 0 Å². The van der Waals surface area contributed by atoms with Gasteiger partial charge in [-0.15, -0.1) is 0 Å². The predicted molar refractivity (Wildman–Crippen MR) is 151 cm³/mol. The first kappa shape index (κ1) is 27.3. The lowest BCUT2D eigenvalue weighted by Gasteiger charge is -2.26. The third-order valence-electron chi connectivity index (χ3n) is 6.82. The molecule has 1 heterocycles. The van der Waals surface area contributed by atoms with Gasteiger partial charge in [-0.1, -0.05) is 60.7 Å². The number of carboxylic acids is 1. The molecule has 3 aromatic carbocycles. The van der Waals surface area contributed by atoms with Crippen molar-refractivity contribution >= 4 is 17.7 Å². The highest BCUT2D eigenvalue weighted by Crippen LogP contribution is 2.21. The van der Waals surface area contributed by atoms with Crippen molar-refractivity contribution in [2.24, 2.45) is 18.7 Å². The molecule has 1 aromatic heterocycles. The number of pyridine rings is 1. The summed E-state index contributed by atoms with van der Waals surface area (Å²) in [5.74, 6) is -2.26. The number of hydrogen-bond acceptors (Lipinski definition) is 3. The average molecular weight is 522 g/mol. The molecule has 0 aliphatic rings. The van der Waals surface area contributed by atoms with Crippen molar-refractivity contribution in [3.05, 3.63) is 126 Å². The molecule has 0 radical (unpaired) electrons. The summed E-state index contributed by atoms with van der Waals surface area (Å²) in [6, 6.07) is 27.5. The Labute approximate surface area is 228 Å². The van der Waals surface area contributed by atoms with Gasteiger partial charge in [0.2, 0.25) is 0 Å². The largest absolute Gasteiger partial charge is 0.481 e. The van der Waals surface area contributed by atoms with E-state index in [0.717, 1.165) is 22.3 Å². The van der Waals surface area contributed by atoms with Gasteiger partial charge in [-0.25, -0.2) is 4.57 Å². The lowest BCUT2D eigenvalue weighted by atomic mass is 9.87. The molecule has 198 valence electrons. The van der Waals surface area contributed by atoms with E-state index in [0.29, 0.717) is 24.0 Å². The molecule has 5 N–H and O–H groups in total. The molecule has 1 amide bonds. The molecule has 39 heavy (non-hydrogen) atoms. The molecule has 4 aromatic rings. The summed E-state index contributed by atoms with van der Waals surface area (Å²) in [5.41, 5.74) is 10.5. The van der Waals surface area contributed by atoms with Crippen LogP contribution in [0, 0.1) is 11.3 Å². The fraction of sp³-hybridized carbons (Fsp3) is 0.188. The summed E-state index contributed by atoms with van der Waals surface area (Å²) in [4.78, 5) is 25.8. The Kier molecular flexibility index (Phi) is 8.84. The van der Waals surface area contributed by atoms with Gasteiger partial charge < -0.3 is 16.2 Å². The van der Waals surface area contributed by atoms with Crippen molar-refractivity contribution in [3.8, 4) is 11.1 Å². The fourth-order valence-electron chi connectivity index (χ4n) is 4.69. The van der Waals surface area contributed by atoms with Crippen LogP contribution < -0.4 is 15.6 Å². The molecule has 1 unspecified atom stereocenters. The Morgan fingerprint density at radius 1 is 0.897 bits per heavy atom. The number of nitrogens with two attached hydrogens (primary N) is 1. The van der Waals surface area contributed by atoms with Crippen molar-refractivity contribution < 1.29 is 19.3 Å². The smallest absolute Gasteiger partial charge is 0.308 e. The molecule has 0 spiro atoms. The Balaban J connectivity index is 1.56. The van der Waals surface area contributed by atoms with Crippen LogP contribution in [0.3, 0.4) is 0 Å². The highest BCUT2D eigenvalue weighted by molar-refractivity contribution is 5.95. The van der Waals surface area contributed by atoms with Crippen LogP contribution in [-0.2, 0) is 24.7 Å². The molecular weight excluding hydrogens is 488 g/mol. The number of hydrogen-bond donors (Lipinski definition) is 4. The van der Waals surface area contributed by atoms with E-state index in [2.05, 4.69) is 5.32 Å². The zero-order chi connectivity index (χ0) is 27.8. The molecule has 0 saturated heterocycles. The third-order valence-corrected chi connectivity index (χ3v) is 6.82. The van der Waals surface area contributed by atoms with E-state index in [9.17, 15) is 14.7 Å². The molecule has 0 saturated carbocycles. The van der Waals surface area contributed by atoms with Crippen LogP contribution in [0.4, 0.5) is 0 Å². The van der Waals surface area contributed by atoms with Gasteiger partial charge >= 0.3 is 5.97 Å².